The predicted molar refractivity (Wildman–Crippen MR) is 61.7 cm³/mol. The van der Waals surface area contributed by atoms with E-state index in [-0.39, 0.29) is 63.7 Å². The van der Waals surface area contributed by atoms with Gasteiger partial charge in [0, 0.05) is 19.6 Å². The summed E-state index contributed by atoms with van der Waals surface area (Å²) >= 11 is 0. The molecule has 1 rings (SSSR count). The Morgan fingerprint density at radius 1 is 1.16 bits per heavy atom. The smallest absolute Gasteiger partial charge is 0.491 e. The van der Waals surface area contributed by atoms with Crippen LogP contribution in [0.1, 0.15) is 13.3 Å². The molecule has 102 valence electrons. The fourth-order valence-electron chi connectivity index (χ4n) is 1.32. The molecular formula is C11H14BF4KO2. The van der Waals surface area contributed by atoms with Gasteiger partial charge in [0.05, 0.1) is 6.61 Å². The number of hydrogen-bond acceptors (Lipinski definition) is 2. The zero-order valence-electron chi connectivity index (χ0n) is 11.0. The molecule has 0 fully saturated rings. The third-order valence-electron chi connectivity index (χ3n) is 2.23. The van der Waals surface area contributed by atoms with Crippen LogP contribution in [0.3, 0.4) is 0 Å². The van der Waals surface area contributed by atoms with E-state index in [4.69, 9.17) is 9.47 Å². The van der Waals surface area contributed by atoms with Gasteiger partial charge < -0.3 is 22.4 Å². The summed E-state index contributed by atoms with van der Waals surface area (Å²) in [5.74, 6) is -1.17. The summed E-state index contributed by atoms with van der Waals surface area (Å²) in [6.45, 7) is -2.21. The number of halogens is 4. The number of hydrogen-bond donors (Lipinski definition) is 0. The summed E-state index contributed by atoms with van der Waals surface area (Å²) in [4.78, 5) is 0. The van der Waals surface area contributed by atoms with Crippen LogP contribution < -0.4 is 61.6 Å². The molecule has 0 spiro atoms. The van der Waals surface area contributed by atoms with Crippen LogP contribution in [0.15, 0.2) is 18.2 Å². The zero-order valence-corrected chi connectivity index (χ0v) is 14.1. The van der Waals surface area contributed by atoms with Crippen molar-refractivity contribution >= 4 is 12.4 Å². The third-order valence-corrected chi connectivity index (χ3v) is 2.23. The Bertz CT molecular complexity index is 387. The minimum atomic E-state index is -5.14. The zero-order chi connectivity index (χ0) is 13.6. The fraction of sp³-hybridized carbons (Fsp3) is 0.455. The van der Waals surface area contributed by atoms with E-state index in [1.165, 1.54) is 0 Å². The Kier molecular flexibility index (Phi) is 9.56. The van der Waals surface area contributed by atoms with E-state index in [0.29, 0.717) is 31.8 Å². The van der Waals surface area contributed by atoms with Crippen molar-refractivity contribution in [2.24, 2.45) is 0 Å². The molecule has 0 aliphatic rings. The van der Waals surface area contributed by atoms with E-state index < -0.39 is 18.3 Å². The van der Waals surface area contributed by atoms with Crippen molar-refractivity contribution in [3.05, 3.63) is 24.0 Å². The molecule has 0 aliphatic heterocycles. The molecule has 1 aromatic rings. The molecule has 0 amide bonds. The first-order valence-electron chi connectivity index (χ1n) is 5.65. The third kappa shape index (κ3) is 7.10. The molecular weight excluding hydrogens is 290 g/mol. The molecule has 0 unspecified atom stereocenters. The van der Waals surface area contributed by atoms with Crippen molar-refractivity contribution in [3.8, 4) is 5.75 Å². The Morgan fingerprint density at radius 2 is 1.84 bits per heavy atom. The number of benzene rings is 1. The summed E-state index contributed by atoms with van der Waals surface area (Å²) in [6, 6.07) is 2.17. The van der Waals surface area contributed by atoms with Crippen LogP contribution in [0.25, 0.3) is 0 Å². The number of rotatable bonds is 7. The maximum Gasteiger partial charge on any atom is 1.00 e. The van der Waals surface area contributed by atoms with Crippen LogP contribution in [0, 0.1) is 5.82 Å². The van der Waals surface area contributed by atoms with Gasteiger partial charge in [-0.25, -0.2) is 4.39 Å². The Labute approximate surface area is 152 Å². The minimum Gasteiger partial charge on any atom is -0.491 e. The van der Waals surface area contributed by atoms with Crippen LogP contribution in [0.2, 0.25) is 0 Å². The molecule has 0 atom stereocenters. The van der Waals surface area contributed by atoms with Gasteiger partial charge in [0.15, 0.2) is 11.6 Å². The van der Waals surface area contributed by atoms with Crippen molar-refractivity contribution in [2.45, 2.75) is 13.3 Å². The van der Waals surface area contributed by atoms with E-state index >= 15 is 0 Å². The Hall–Kier alpha value is 0.401. The van der Waals surface area contributed by atoms with E-state index in [2.05, 4.69) is 0 Å². The second-order valence-corrected chi connectivity index (χ2v) is 3.66. The molecule has 0 heterocycles. The first kappa shape index (κ1) is 19.4. The second-order valence-electron chi connectivity index (χ2n) is 3.66. The van der Waals surface area contributed by atoms with Crippen LogP contribution >= 0.6 is 0 Å². The Morgan fingerprint density at radius 3 is 2.42 bits per heavy atom. The summed E-state index contributed by atoms with van der Waals surface area (Å²) in [5, 5.41) is 0. The van der Waals surface area contributed by atoms with Crippen molar-refractivity contribution < 1.29 is 78.2 Å². The van der Waals surface area contributed by atoms with E-state index in [9.17, 15) is 17.3 Å². The standard InChI is InChI=1S/C11H14BF4O2.K/c1-2-17-6-3-7-18-11-8-9(12(14,15)16)4-5-10(11)13;/h4-5,8H,2-3,6-7H2,1H3;/q-1;+1. The molecule has 8 heteroatoms. The van der Waals surface area contributed by atoms with Gasteiger partial charge in [-0.1, -0.05) is 6.07 Å². The van der Waals surface area contributed by atoms with Crippen LogP contribution in [-0.4, -0.2) is 26.8 Å². The molecule has 19 heavy (non-hydrogen) atoms. The average molecular weight is 304 g/mol. The average Bonchev–Trinajstić information content (AvgIpc) is 2.29. The molecule has 0 radical (unpaired) electrons. The van der Waals surface area contributed by atoms with Gasteiger partial charge in [-0.05, 0) is 19.1 Å². The quantitative estimate of drug-likeness (QED) is 0.391. The van der Waals surface area contributed by atoms with Crippen LogP contribution in [-0.2, 0) is 4.74 Å². The maximum atomic E-state index is 13.2. The van der Waals surface area contributed by atoms with E-state index in [1.807, 2.05) is 6.92 Å². The van der Waals surface area contributed by atoms with Gasteiger partial charge in [-0.3, -0.25) is 0 Å². The number of ether oxygens (including phenoxy) is 2. The minimum absolute atomic E-state index is 0. The van der Waals surface area contributed by atoms with Crippen molar-refractivity contribution in [1.29, 1.82) is 0 Å². The maximum absolute atomic E-state index is 13.2. The second kappa shape index (κ2) is 9.36. The predicted octanol–water partition coefficient (Wildman–Crippen LogP) is -0.310. The van der Waals surface area contributed by atoms with Gasteiger partial charge >= 0.3 is 58.4 Å². The molecule has 2 nitrogen and oxygen atoms in total. The summed E-state index contributed by atoms with van der Waals surface area (Å²) < 4.78 is 60.6. The summed E-state index contributed by atoms with van der Waals surface area (Å²) in [5.41, 5.74) is -0.865. The Balaban J connectivity index is 0.00000324. The first-order valence-corrected chi connectivity index (χ1v) is 5.65. The van der Waals surface area contributed by atoms with Crippen LogP contribution in [0.5, 0.6) is 5.75 Å². The van der Waals surface area contributed by atoms with Gasteiger partial charge in [-0.2, -0.15) is 0 Å². The van der Waals surface area contributed by atoms with Gasteiger partial charge in [-0.15, -0.1) is 5.46 Å². The largest absolute Gasteiger partial charge is 1.00 e. The molecule has 0 aliphatic carbocycles. The van der Waals surface area contributed by atoms with Crippen molar-refractivity contribution in [1.82, 2.24) is 0 Å². The fourth-order valence-corrected chi connectivity index (χ4v) is 1.32. The van der Waals surface area contributed by atoms with Crippen molar-refractivity contribution in [3.63, 3.8) is 0 Å². The van der Waals surface area contributed by atoms with Crippen LogP contribution in [0.4, 0.5) is 17.3 Å². The summed E-state index contributed by atoms with van der Waals surface area (Å²) in [7, 11) is 0. The van der Waals surface area contributed by atoms with E-state index in [0.717, 1.165) is 6.07 Å². The topological polar surface area (TPSA) is 18.5 Å². The molecule has 0 saturated carbocycles. The van der Waals surface area contributed by atoms with Gasteiger partial charge in [0.1, 0.15) is 0 Å². The normalized spacial score (nSPS) is 11.0. The molecule has 0 saturated heterocycles. The van der Waals surface area contributed by atoms with Gasteiger partial charge in [0.2, 0.25) is 0 Å². The SMILES string of the molecule is CCOCCCOc1cc([B-](F)(F)F)ccc1F.[K+]. The molecule has 0 aromatic heterocycles. The summed E-state index contributed by atoms with van der Waals surface area (Å²) in [6.07, 6.45) is 0.495. The molecule has 0 bridgehead atoms. The molecule has 1 aromatic carbocycles. The van der Waals surface area contributed by atoms with Crippen molar-refractivity contribution in [2.75, 3.05) is 19.8 Å². The van der Waals surface area contributed by atoms with Gasteiger partial charge in [0.25, 0.3) is 0 Å². The monoisotopic (exact) mass is 304 g/mol. The first-order chi connectivity index (χ1) is 8.45. The van der Waals surface area contributed by atoms with E-state index in [1.54, 1.807) is 0 Å². The molecule has 0 N–H and O–H groups in total.